The number of aliphatic hydroxyl groups is 1. The summed E-state index contributed by atoms with van der Waals surface area (Å²) < 4.78 is 11.2. The van der Waals surface area contributed by atoms with Crippen molar-refractivity contribution in [3.8, 4) is 11.3 Å². The largest absolute Gasteiger partial charge is 0.388 e. The number of ether oxygens (including phenoxy) is 2. The molecular formula is C17H20N4O3. The van der Waals surface area contributed by atoms with Crippen LogP contribution >= 0.6 is 0 Å². The molecule has 24 heavy (non-hydrogen) atoms. The number of aliphatic hydroxyl groups excluding tert-OH is 1. The molecule has 2 aliphatic rings. The number of fused-ring (bicyclic) bond motifs is 1. The monoisotopic (exact) mass is 328 g/mol. The molecule has 2 aromatic heterocycles. The molecule has 2 saturated heterocycles. The van der Waals surface area contributed by atoms with Gasteiger partial charge in [0.2, 0.25) is 5.95 Å². The first-order valence-corrected chi connectivity index (χ1v) is 8.07. The third kappa shape index (κ3) is 2.75. The van der Waals surface area contributed by atoms with Gasteiger partial charge in [0.15, 0.2) is 0 Å². The van der Waals surface area contributed by atoms with Gasteiger partial charge in [-0.2, -0.15) is 0 Å². The zero-order valence-electron chi connectivity index (χ0n) is 13.6. The van der Waals surface area contributed by atoms with E-state index in [1.807, 2.05) is 32.0 Å². The SMILES string of the molecule is Cc1ccc(-c2ccnc(N[C@@H]3CO[C@H]4[C@@H]3OC[C@H]4O)n2)c(C)n1. The lowest BCUT2D eigenvalue weighted by molar-refractivity contribution is 0.0184. The van der Waals surface area contributed by atoms with Crippen molar-refractivity contribution in [2.45, 2.75) is 38.2 Å². The van der Waals surface area contributed by atoms with Crippen LogP contribution < -0.4 is 5.32 Å². The Labute approximate surface area is 140 Å². The number of aromatic nitrogens is 3. The second kappa shape index (κ2) is 6.08. The fourth-order valence-electron chi connectivity index (χ4n) is 3.30. The highest BCUT2D eigenvalue weighted by Crippen LogP contribution is 2.29. The number of nitrogens with one attached hydrogen (secondary N) is 1. The number of rotatable bonds is 3. The van der Waals surface area contributed by atoms with Crippen molar-refractivity contribution in [2.24, 2.45) is 0 Å². The normalized spacial score (nSPS) is 28.8. The van der Waals surface area contributed by atoms with Crippen molar-refractivity contribution >= 4 is 5.95 Å². The average Bonchev–Trinajstić information content (AvgIpc) is 3.12. The molecule has 2 fully saturated rings. The Morgan fingerprint density at radius 1 is 1.08 bits per heavy atom. The van der Waals surface area contributed by atoms with Gasteiger partial charge in [-0.1, -0.05) is 0 Å². The van der Waals surface area contributed by atoms with Gasteiger partial charge in [-0.3, -0.25) is 4.98 Å². The van der Waals surface area contributed by atoms with Crippen LogP contribution in [0.25, 0.3) is 11.3 Å². The Morgan fingerprint density at radius 2 is 1.92 bits per heavy atom. The summed E-state index contributed by atoms with van der Waals surface area (Å²) in [5.74, 6) is 0.520. The molecule has 0 aliphatic carbocycles. The van der Waals surface area contributed by atoms with Crippen molar-refractivity contribution in [1.29, 1.82) is 0 Å². The van der Waals surface area contributed by atoms with Crippen molar-refractivity contribution in [3.05, 3.63) is 35.8 Å². The number of hydrogen-bond donors (Lipinski definition) is 2. The Morgan fingerprint density at radius 3 is 2.75 bits per heavy atom. The lowest BCUT2D eigenvalue weighted by atomic mass is 10.1. The molecule has 2 aliphatic heterocycles. The van der Waals surface area contributed by atoms with Gasteiger partial charge in [0, 0.05) is 23.1 Å². The predicted octanol–water partition coefficient (Wildman–Crippen LogP) is 1.09. The van der Waals surface area contributed by atoms with Crippen LogP contribution in [0.1, 0.15) is 11.4 Å². The zero-order chi connectivity index (χ0) is 16.7. The summed E-state index contributed by atoms with van der Waals surface area (Å²) in [7, 11) is 0. The Balaban J connectivity index is 1.55. The molecule has 0 spiro atoms. The number of nitrogens with zero attached hydrogens (tertiary/aromatic N) is 3. The highest BCUT2D eigenvalue weighted by molar-refractivity contribution is 5.62. The molecule has 0 bridgehead atoms. The maximum Gasteiger partial charge on any atom is 0.223 e. The maximum absolute atomic E-state index is 9.81. The van der Waals surface area contributed by atoms with E-state index < -0.39 is 6.10 Å². The molecule has 4 atom stereocenters. The van der Waals surface area contributed by atoms with Crippen LogP contribution in [0.2, 0.25) is 0 Å². The molecule has 4 heterocycles. The summed E-state index contributed by atoms with van der Waals surface area (Å²) in [6.07, 6.45) is 0.723. The van der Waals surface area contributed by atoms with E-state index in [1.54, 1.807) is 6.20 Å². The van der Waals surface area contributed by atoms with Gasteiger partial charge in [0.25, 0.3) is 0 Å². The van der Waals surface area contributed by atoms with Gasteiger partial charge in [-0.05, 0) is 32.0 Å². The fraction of sp³-hybridized carbons (Fsp3) is 0.471. The number of pyridine rings is 1. The van der Waals surface area contributed by atoms with Crippen LogP contribution in [0.15, 0.2) is 24.4 Å². The van der Waals surface area contributed by atoms with Crippen LogP contribution in [0.4, 0.5) is 5.95 Å². The summed E-state index contributed by atoms with van der Waals surface area (Å²) in [5.41, 5.74) is 3.72. The first kappa shape index (κ1) is 15.4. The van der Waals surface area contributed by atoms with Crippen LogP contribution in [-0.4, -0.2) is 57.6 Å². The summed E-state index contributed by atoms with van der Waals surface area (Å²) in [6, 6.07) is 5.80. The first-order chi connectivity index (χ1) is 11.6. The quantitative estimate of drug-likeness (QED) is 0.872. The highest BCUT2D eigenvalue weighted by Gasteiger charge is 2.47. The Hall–Kier alpha value is -2.09. The van der Waals surface area contributed by atoms with E-state index in [0.717, 1.165) is 22.6 Å². The number of anilines is 1. The minimum absolute atomic E-state index is 0.0698. The molecule has 4 rings (SSSR count). The van der Waals surface area contributed by atoms with Crippen LogP contribution in [0, 0.1) is 13.8 Å². The Kier molecular flexibility index (Phi) is 3.91. The third-order valence-corrected chi connectivity index (χ3v) is 4.50. The zero-order valence-corrected chi connectivity index (χ0v) is 13.6. The van der Waals surface area contributed by atoms with Gasteiger partial charge in [0.1, 0.15) is 18.3 Å². The number of aryl methyl sites for hydroxylation is 2. The molecule has 0 radical (unpaired) electrons. The van der Waals surface area contributed by atoms with E-state index >= 15 is 0 Å². The van der Waals surface area contributed by atoms with Gasteiger partial charge in [0.05, 0.1) is 24.9 Å². The topological polar surface area (TPSA) is 89.4 Å². The highest BCUT2D eigenvalue weighted by atomic mass is 16.6. The second-order valence-electron chi connectivity index (χ2n) is 6.27. The predicted molar refractivity (Wildman–Crippen MR) is 87.6 cm³/mol. The minimum Gasteiger partial charge on any atom is -0.388 e. The standard InChI is InChI=1S/C17H20N4O3/c1-9-3-4-11(10(2)19-9)12-5-6-18-17(20-12)21-13-7-23-16-14(22)8-24-15(13)16/h3-6,13-16,22H,7-8H2,1-2H3,(H,18,20,21)/t13-,14-,15-,16-/m1/s1. The van der Waals surface area contributed by atoms with E-state index in [4.69, 9.17) is 9.47 Å². The van der Waals surface area contributed by atoms with E-state index in [1.165, 1.54) is 0 Å². The molecule has 0 saturated carbocycles. The molecular weight excluding hydrogens is 308 g/mol. The first-order valence-electron chi connectivity index (χ1n) is 8.07. The van der Waals surface area contributed by atoms with Gasteiger partial charge in [-0.15, -0.1) is 0 Å². The number of hydrogen-bond acceptors (Lipinski definition) is 7. The summed E-state index contributed by atoms with van der Waals surface area (Å²) in [5, 5.41) is 13.1. The molecule has 7 heteroatoms. The van der Waals surface area contributed by atoms with Crippen molar-refractivity contribution in [2.75, 3.05) is 18.5 Å². The average molecular weight is 328 g/mol. The molecule has 0 amide bonds. The summed E-state index contributed by atoms with van der Waals surface area (Å²) >= 11 is 0. The third-order valence-electron chi connectivity index (χ3n) is 4.50. The van der Waals surface area contributed by atoms with Crippen LogP contribution in [0.5, 0.6) is 0 Å². The summed E-state index contributed by atoms with van der Waals surface area (Å²) in [4.78, 5) is 13.4. The summed E-state index contributed by atoms with van der Waals surface area (Å²) in [6.45, 7) is 4.71. The fourth-order valence-corrected chi connectivity index (χ4v) is 3.30. The molecule has 2 N–H and O–H groups in total. The van der Waals surface area contributed by atoms with Gasteiger partial charge in [-0.25, -0.2) is 9.97 Å². The van der Waals surface area contributed by atoms with Crippen LogP contribution in [-0.2, 0) is 9.47 Å². The molecule has 126 valence electrons. The van der Waals surface area contributed by atoms with Crippen molar-refractivity contribution in [1.82, 2.24) is 15.0 Å². The minimum atomic E-state index is -0.560. The van der Waals surface area contributed by atoms with Crippen molar-refractivity contribution in [3.63, 3.8) is 0 Å². The van der Waals surface area contributed by atoms with E-state index in [-0.39, 0.29) is 18.2 Å². The van der Waals surface area contributed by atoms with E-state index in [0.29, 0.717) is 19.2 Å². The molecule has 7 nitrogen and oxygen atoms in total. The molecule has 0 aromatic carbocycles. The Bertz CT molecular complexity index is 754. The second-order valence-corrected chi connectivity index (χ2v) is 6.27. The smallest absolute Gasteiger partial charge is 0.223 e. The van der Waals surface area contributed by atoms with Gasteiger partial charge < -0.3 is 19.9 Å². The molecule has 2 aromatic rings. The maximum atomic E-state index is 9.81. The lowest BCUT2D eigenvalue weighted by Crippen LogP contribution is -2.36. The lowest BCUT2D eigenvalue weighted by Gasteiger charge is -2.17. The van der Waals surface area contributed by atoms with E-state index in [9.17, 15) is 5.11 Å². The van der Waals surface area contributed by atoms with Gasteiger partial charge >= 0.3 is 0 Å². The van der Waals surface area contributed by atoms with Crippen molar-refractivity contribution < 1.29 is 14.6 Å². The van der Waals surface area contributed by atoms with E-state index in [2.05, 4.69) is 20.3 Å². The van der Waals surface area contributed by atoms with Crippen LogP contribution in [0.3, 0.4) is 0 Å². The molecule has 0 unspecified atom stereocenters.